The van der Waals surface area contributed by atoms with Gasteiger partial charge in [-0.05, 0) is 12.1 Å². The molecule has 0 N–H and O–H groups in total. The van der Waals surface area contributed by atoms with Crippen molar-refractivity contribution < 1.29 is 0 Å². The zero-order chi connectivity index (χ0) is 22.0. The van der Waals surface area contributed by atoms with Crippen LogP contribution in [0.4, 0.5) is 0 Å². The summed E-state index contributed by atoms with van der Waals surface area (Å²) in [5.41, 5.74) is 4.93. The van der Waals surface area contributed by atoms with Crippen LogP contribution in [-0.4, -0.2) is 19.9 Å². The summed E-state index contributed by atoms with van der Waals surface area (Å²) >= 11 is 1.66. The van der Waals surface area contributed by atoms with Crippen molar-refractivity contribution in [2.45, 2.75) is 0 Å². The number of nitrogens with zero attached hydrogens (tertiary/aromatic N) is 4. The number of thiazole rings is 1. The predicted molar refractivity (Wildman–Crippen MR) is 135 cm³/mol. The summed E-state index contributed by atoms with van der Waals surface area (Å²) < 4.78 is 1.07. The SMILES string of the molecule is c1ccc(-c2nc(-c3ccccc3)nc(-c3cccc4nc(-c5ccccc5)sc34)n2)cc1. The van der Waals surface area contributed by atoms with Crippen LogP contribution < -0.4 is 0 Å². The Morgan fingerprint density at radius 3 is 1.52 bits per heavy atom. The van der Waals surface area contributed by atoms with Crippen molar-refractivity contribution in [2.24, 2.45) is 0 Å². The summed E-state index contributed by atoms with van der Waals surface area (Å²) in [5, 5.41) is 0.985. The van der Waals surface area contributed by atoms with E-state index in [0.717, 1.165) is 37.5 Å². The average Bonchev–Trinajstić information content (AvgIpc) is 3.35. The number of rotatable bonds is 4. The van der Waals surface area contributed by atoms with Crippen molar-refractivity contribution >= 4 is 21.6 Å². The molecule has 0 bridgehead atoms. The molecule has 0 saturated carbocycles. The lowest BCUT2D eigenvalue weighted by atomic mass is 10.1. The molecule has 0 unspecified atom stereocenters. The molecule has 6 aromatic rings. The number of fused-ring (bicyclic) bond motifs is 1. The lowest BCUT2D eigenvalue weighted by Gasteiger charge is -2.08. The number of aromatic nitrogens is 4. The predicted octanol–water partition coefficient (Wildman–Crippen LogP) is 7.15. The van der Waals surface area contributed by atoms with Crippen LogP contribution in [0, 0.1) is 0 Å². The lowest BCUT2D eigenvalue weighted by molar-refractivity contribution is 1.08. The first-order valence-corrected chi connectivity index (χ1v) is 11.5. The molecule has 0 aliphatic heterocycles. The molecule has 33 heavy (non-hydrogen) atoms. The Labute approximate surface area is 195 Å². The molecule has 2 aromatic heterocycles. The van der Waals surface area contributed by atoms with Gasteiger partial charge in [-0.2, -0.15) is 0 Å². The van der Waals surface area contributed by atoms with Crippen LogP contribution in [0.25, 0.3) is 55.0 Å². The van der Waals surface area contributed by atoms with Crippen molar-refractivity contribution in [3.8, 4) is 44.7 Å². The quantitative estimate of drug-likeness (QED) is 0.291. The fraction of sp³-hybridized carbons (Fsp3) is 0. The molecule has 0 aliphatic carbocycles. The Kier molecular flexibility index (Phi) is 4.94. The van der Waals surface area contributed by atoms with E-state index in [9.17, 15) is 0 Å². The molecule has 156 valence electrons. The van der Waals surface area contributed by atoms with Gasteiger partial charge >= 0.3 is 0 Å². The molecule has 0 radical (unpaired) electrons. The van der Waals surface area contributed by atoms with Crippen LogP contribution in [0.15, 0.2) is 109 Å². The summed E-state index contributed by atoms with van der Waals surface area (Å²) in [7, 11) is 0. The highest BCUT2D eigenvalue weighted by atomic mass is 32.1. The molecule has 0 atom stereocenters. The van der Waals surface area contributed by atoms with Crippen molar-refractivity contribution in [1.29, 1.82) is 0 Å². The summed E-state index contributed by atoms with van der Waals surface area (Å²) in [6.45, 7) is 0. The first-order valence-electron chi connectivity index (χ1n) is 10.7. The first-order chi connectivity index (χ1) is 16.3. The van der Waals surface area contributed by atoms with Gasteiger partial charge in [-0.25, -0.2) is 19.9 Å². The first kappa shape index (κ1) is 19.5. The maximum absolute atomic E-state index is 4.89. The van der Waals surface area contributed by atoms with Gasteiger partial charge in [0.05, 0.1) is 10.2 Å². The maximum Gasteiger partial charge on any atom is 0.165 e. The number of hydrogen-bond acceptors (Lipinski definition) is 5. The van der Waals surface area contributed by atoms with Gasteiger partial charge in [0.1, 0.15) is 5.01 Å². The van der Waals surface area contributed by atoms with Gasteiger partial charge in [0.15, 0.2) is 17.5 Å². The highest BCUT2D eigenvalue weighted by molar-refractivity contribution is 7.22. The molecular formula is C28H18N4S. The smallest absolute Gasteiger partial charge is 0.165 e. The molecule has 6 rings (SSSR count). The standard InChI is InChI=1S/C28H18N4S/c1-4-11-19(12-5-1)25-30-26(20-13-6-2-7-14-20)32-27(31-25)22-17-10-18-23-24(22)33-28(29-23)21-15-8-3-9-16-21/h1-18H. The molecule has 0 fully saturated rings. The van der Waals surface area contributed by atoms with Gasteiger partial charge in [0.25, 0.3) is 0 Å². The van der Waals surface area contributed by atoms with E-state index in [2.05, 4.69) is 18.2 Å². The van der Waals surface area contributed by atoms with E-state index in [1.165, 1.54) is 0 Å². The second-order valence-electron chi connectivity index (χ2n) is 7.58. The Hall–Kier alpha value is -4.22. The average molecular weight is 443 g/mol. The topological polar surface area (TPSA) is 51.6 Å². The van der Waals surface area contributed by atoms with Crippen LogP contribution in [-0.2, 0) is 0 Å². The van der Waals surface area contributed by atoms with Gasteiger partial charge < -0.3 is 0 Å². The number of hydrogen-bond donors (Lipinski definition) is 0. The highest BCUT2D eigenvalue weighted by Gasteiger charge is 2.16. The fourth-order valence-electron chi connectivity index (χ4n) is 3.76. The number of benzene rings is 4. The molecule has 4 nitrogen and oxygen atoms in total. The third-order valence-electron chi connectivity index (χ3n) is 5.38. The molecule has 2 heterocycles. The van der Waals surface area contributed by atoms with Gasteiger partial charge in [-0.3, -0.25) is 0 Å². The highest BCUT2D eigenvalue weighted by Crippen LogP contribution is 2.36. The minimum Gasteiger partial charge on any atom is -0.236 e. The van der Waals surface area contributed by atoms with Crippen molar-refractivity contribution in [3.63, 3.8) is 0 Å². The van der Waals surface area contributed by atoms with Crippen LogP contribution in [0.1, 0.15) is 0 Å². The second kappa shape index (κ2) is 8.37. The third kappa shape index (κ3) is 3.79. The zero-order valence-corrected chi connectivity index (χ0v) is 18.4. The summed E-state index contributed by atoms with van der Waals surface area (Å²) in [5.74, 6) is 1.96. The lowest BCUT2D eigenvalue weighted by Crippen LogP contribution is -2.00. The fourth-order valence-corrected chi connectivity index (χ4v) is 4.84. The van der Waals surface area contributed by atoms with Crippen molar-refractivity contribution in [1.82, 2.24) is 19.9 Å². The Morgan fingerprint density at radius 2 is 0.939 bits per heavy atom. The van der Waals surface area contributed by atoms with Crippen LogP contribution in [0.5, 0.6) is 0 Å². The van der Waals surface area contributed by atoms with Crippen molar-refractivity contribution in [2.75, 3.05) is 0 Å². The van der Waals surface area contributed by atoms with Gasteiger partial charge in [0.2, 0.25) is 0 Å². The van der Waals surface area contributed by atoms with Crippen LogP contribution in [0.3, 0.4) is 0 Å². The Bertz CT molecular complexity index is 1490. The molecule has 4 aromatic carbocycles. The summed E-state index contributed by atoms with van der Waals surface area (Å²) in [6.07, 6.45) is 0. The van der Waals surface area contributed by atoms with E-state index < -0.39 is 0 Å². The summed E-state index contributed by atoms with van der Waals surface area (Å²) in [4.78, 5) is 19.5. The molecular weight excluding hydrogens is 424 g/mol. The van der Waals surface area contributed by atoms with E-state index in [1.54, 1.807) is 11.3 Å². The third-order valence-corrected chi connectivity index (χ3v) is 6.53. The normalized spacial score (nSPS) is 11.0. The minimum absolute atomic E-state index is 0.650. The van der Waals surface area contributed by atoms with Gasteiger partial charge in [-0.1, -0.05) is 97.1 Å². The van der Waals surface area contributed by atoms with E-state index in [-0.39, 0.29) is 0 Å². The van der Waals surface area contributed by atoms with E-state index >= 15 is 0 Å². The molecule has 0 amide bonds. The van der Waals surface area contributed by atoms with Gasteiger partial charge in [0, 0.05) is 22.3 Å². The minimum atomic E-state index is 0.650. The summed E-state index contributed by atoms with van der Waals surface area (Å²) in [6, 6.07) is 36.4. The zero-order valence-electron chi connectivity index (χ0n) is 17.6. The van der Waals surface area contributed by atoms with Crippen LogP contribution in [0.2, 0.25) is 0 Å². The molecule has 0 spiro atoms. The van der Waals surface area contributed by atoms with Crippen LogP contribution >= 0.6 is 11.3 Å². The maximum atomic E-state index is 4.89. The Balaban J connectivity index is 1.56. The molecule has 0 aliphatic rings. The largest absolute Gasteiger partial charge is 0.236 e. The second-order valence-corrected chi connectivity index (χ2v) is 8.58. The van der Waals surface area contributed by atoms with E-state index in [0.29, 0.717) is 17.5 Å². The Morgan fingerprint density at radius 1 is 0.424 bits per heavy atom. The monoisotopic (exact) mass is 442 g/mol. The van der Waals surface area contributed by atoms with E-state index in [1.807, 2.05) is 91.0 Å². The van der Waals surface area contributed by atoms with Gasteiger partial charge in [-0.15, -0.1) is 11.3 Å². The molecule has 5 heteroatoms. The molecule has 0 saturated heterocycles. The van der Waals surface area contributed by atoms with Crippen molar-refractivity contribution in [3.05, 3.63) is 109 Å². The van der Waals surface area contributed by atoms with E-state index in [4.69, 9.17) is 19.9 Å².